The molecule has 0 spiro atoms. The van der Waals surface area contributed by atoms with Crippen molar-refractivity contribution in [2.75, 3.05) is 18.8 Å². The van der Waals surface area contributed by atoms with Crippen molar-refractivity contribution in [2.45, 2.75) is 32.4 Å². The average Bonchev–Trinajstić information content (AvgIpc) is 3.05. The highest BCUT2D eigenvalue weighted by Gasteiger charge is 2.24. The molecule has 1 aliphatic rings. The fraction of sp³-hybridized carbons (Fsp3) is 0.727. The third kappa shape index (κ3) is 3.79. The zero-order valence-corrected chi connectivity index (χ0v) is 11.4. The third-order valence-electron chi connectivity index (χ3n) is 2.90. The molecule has 102 valence electrons. The summed E-state index contributed by atoms with van der Waals surface area (Å²) < 4.78 is 27.5. The first-order valence-corrected chi connectivity index (χ1v) is 7.96. The minimum absolute atomic E-state index is 0.110. The van der Waals surface area contributed by atoms with Crippen LogP contribution in [0.15, 0.2) is 12.5 Å². The zero-order valence-electron chi connectivity index (χ0n) is 10.6. The summed E-state index contributed by atoms with van der Waals surface area (Å²) >= 11 is 0. The molecule has 1 saturated carbocycles. The lowest BCUT2D eigenvalue weighted by atomic mass is 10.4. The summed E-state index contributed by atoms with van der Waals surface area (Å²) in [6, 6.07) is 0.606. The van der Waals surface area contributed by atoms with E-state index in [0.29, 0.717) is 25.7 Å². The summed E-state index contributed by atoms with van der Waals surface area (Å²) in [5, 5.41) is 3.15. The molecule has 6 nitrogen and oxygen atoms in total. The fourth-order valence-electron chi connectivity index (χ4n) is 1.87. The molecule has 2 N–H and O–H groups in total. The first-order valence-electron chi connectivity index (χ1n) is 6.31. The van der Waals surface area contributed by atoms with Gasteiger partial charge in [0, 0.05) is 31.9 Å². The number of nitrogens with zero attached hydrogens (tertiary/aromatic N) is 2. The van der Waals surface area contributed by atoms with Gasteiger partial charge in [-0.2, -0.15) is 0 Å². The molecule has 0 aromatic carbocycles. The normalized spacial score (nSPS) is 16.1. The fourth-order valence-corrected chi connectivity index (χ4v) is 2.86. The molecule has 1 aromatic rings. The summed E-state index contributed by atoms with van der Waals surface area (Å²) in [6.07, 6.45) is 6.13. The van der Waals surface area contributed by atoms with Gasteiger partial charge in [-0.15, -0.1) is 0 Å². The van der Waals surface area contributed by atoms with Crippen molar-refractivity contribution < 1.29 is 8.42 Å². The number of imidazole rings is 1. The van der Waals surface area contributed by atoms with Crippen LogP contribution in [-0.4, -0.2) is 36.8 Å². The van der Waals surface area contributed by atoms with Crippen LogP contribution in [0.25, 0.3) is 0 Å². The molecule has 1 aromatic heterocycles. The molecule has 1 aliphatic carbocycles. The second-order valence-electron chi connectivity index (χ2n) is 4.52. The first kappa shape index (κ1) is 13.5. The minimum atomic E-state index is -3.12. The molecule has 1 heterocycles. The van der Waals surface area contributed by atoms with Gasteiger partial charge >= 0.3 is 0 Å². The van der Waals surface area contributed by atoms with E-state index >= 15 is 0 Å². The highest BCUT2D eigenvalue weighted by Crippen LogP contribution is 2.35. The minimum Gasteiger partial charge on any atom is -0.330 e. The number of sulfonamides is 1. The molecule has 0 saturated heterocycles. The van der Waals surface area contributed by atoms with E-state index in [1.54, 1.807) is 6.92 Å². The highest BCUT2D eigenvalue weighted by molar-refractivity contribution is 7.89. The van der Waals surface area contributed by atoms with E-state index in [0.717, 1.165) is 5.69 Å². The molecule has 0 unspecified atom stereocenters. The Balaban J connectivity index is 1.73. The van der Waals surface area contributed by atoms with Gasteiger partial charge in [0.25, 0.3) is 0 Å². The van der Waals surface area contributed by atoms with Crippen LogP contribution in [0.5, 0.6) is 0 Å². The maximum absolute atomic E-state index is 11.4. The molecule has 1 fully saturated rings. The highest BCUT2D eigenvalue weighted by atomic mass is 32.2. The van der Waals surface area contributed by atoms with Crippen LogP contribution >= 0.6 is 0 Å². The Kier molecular flexibility index (Phi) is 4.36. The monoisotopic (exact) mass is 272 g/mol. The summed E-state index contributed by atoms with van der Waals surface area (Å²) in [7, 11) is -3.12. The molecule has 2 rings (SSSR count). The molecule has 0 amide bonds. The van der Waals surface area contributed by atoms with E-state index in [1.807, 2.05) is 12.5 Å². The molecule has 7 heteroatoms. The Bertz CT molecular complexity index is 479. The van der Waals surface area contributed by atoms with Crippen LogP contribution in [0, 0.1) is 0 Å². The van der Waals surface area contributed by atoms with Gasteiger partial charge in [0.2, 0.25) is 10.0 Å². The lowest BCUT2D eigenvalue weighted by Gasteiger charge is -2.08. The Hall–Kier alpha value is -0.920. The largest absolute Gasteiger partial charge is 0.330 e. The molecular formula is C11H20N4O2S. The van der Waals surface area contributed by atoms with E-state index in [9.17, 15) is 8.42 Å². The van der Waals surface area contributed by atoms with Gasteiger partial charge in [-0.1, -0.05) is 6.92 Å². The molecule has 0 bridgehead atoms. The Morgan fingerprint density at radius 1 is 1.50 bits per heavy atom. The summed E-state index contributed by atoms with van der Waals surface area (Å²) in [4.78, 5) is 4.13. The number of nitrogens with one attached hydrogen (secondary N) is 2. The predicted molar refractivity (Wildman–Crippen MR) is 69.7 cm³/mol. The number of hydrogen-bond donors (Lipinski definition) is 2. The summed E-state index contributed by atoms with van der Waals surface area (Å²) in [5.74, 6) is 0.110. The van der Waals surface area contributed by atoms with Crippen LogP contribution < -0.4 is 10.0 Å². The van der Waals surface area contributed by atoms with Crippen molar-refractivity contribution in [2.24, 2.45) is 0 Å². The molecule has 0 aliphatic heterocycles. The van der Waals surface area contributed by atoms with Crippen LogP contribution in [0.1, 0.15) is 31.5 Å². The topological polar surface area (TPSA) is 76.0 Å². The van der Waals surface area contributed by atoms with Gasteiger partial charge in [-0.05, 0) is 12.8 Å². The van der Waals surface area contributed by atoms with Crippen molar-refractivity contribution >= 4 is 10.0 Å². The van der Waals surface area contributed by atoms with Gasteiger partial charge in [-0.25, -0.2) is 18.1 Å². The SMILES string of the molecule is CCNS(=O)(=O)CCNCc1cncn1C1CC1. The predicted octanol–water partition coefficient (Wildman–Crippen LogP) is 0.247. The van der Waals surface area contributed by atoms with Crippen LogP contribution in [-0.2, 0) is 16.6 Å². The first-order chi connectivity index (χ1) is 8.62. The number of aromatic nitrogens is 2. The zero-order chi connectivity index (χ0) is 13.0. The molecule has 18 heavy (non-hydrogen) atoms. The number of hydrogen-bond acceptors (Lipinski definition) is 4. The van der Waals surface area contributed by atoms with Gasteiger partial charge in [0.1, 0.15) is 0 Å². The van der Waals surface area contributed by atoms with Crippen LogP contribution in [0.3, 0.4) is 0 Å². The molecular weight excluding hydrogens is 252 g/mol. The van der Waals surface area contributed by atoms with Crippen molar-refractivity contribution in [3.05, 3.63) is 18.2 Å². The maximum Gasteiger partial charge on any atom is 0.212 e. The Morgan fingerprint density at radius 3 is 2.94 bits per heavy atom. The third-order valence-corrected chi connectivity index (χ3v) is 4.37. The van der Waals surface area contributed by atoms with Crippen molar-refractivity contribution in [3.8, 4) is 0 Å². The van der Waals surface area contributed by atoms with Crippen molar-refractivity contribution in [3.63, 3.8) is 0 Å². The summed E-state index contributed by atoms with van der Waals surface area (Å²) in [5.41, 5.74) is 1.12. The van der Waals surface area contributed by atoms with Gasteiger partial charge in [-0.3, -0.25) is 0 Å². The van der Waals surface area contributed by atoms with Crippen LogP contribution in [0.2, 0.25) is 0 Å². The van der Waals surface area contributed by atoms with Gasteiger partial charge in [0.05, 0.1) is 17.8 Å². The standard InChI is InChI=1S/C11H20N4O2S/c1-2-14-18(16,17)6-5-12-7-11-8-13-9-15(11)10-3-4-10/h8-10,12,14H,2-7H2,1H3. The number of rotatable bonds is 8. The second kappa shape index (κ2) is 5.81. The van der Waals surface area contributed by atoms with E-state index in [2.05, 4.69) is 19.6 Å². The maximum atomic E-state index is 11.4. The van der Waals surface area contributed by atoms with Crippen molar-refractivity contribution in [1.82, 2.24) is 19.6 Å². The lowest BCUT2D eigenvalue weighted by Crippen LogP contribution is -2.31. The van der Waals surface area contributed by atoms with E-state index < -0.39 is 10.0 Å². The van der Waals surface area contributed by atoms with E-state index in [1.165, 1.54) is 12.8 Å². The second-order valence-corrected chi connectivity index (χ2v) is 6.44. The van der Waals surface area contributed by atoms with E-state index in [-0.39, 0.29) is 5.75 Å². The smallest absolute Gasteiger partial charge is 0.212 e. The quantitative estimate of drug-likeness (QED) is 0.665. The molecule has 0 atom stereocenters. The van der Waals surface area contributed by atoms with Gasteiger partial charge < -0.3 is 9.88 Å². The van der Waals surface area contributed by atoms with Crippen molar-refractivity contribution in [1.29, 1.82) is 0 Å². The lowest BCUT2D eigenvalue weighted by molar-refractivity contribution is 0.576. The Morgan fingerprint density at radius 2 is 2.28 bits per heavy atom. The van der Waals surface area contributed by atoms with E-state index in [4.69, 9.17) is 0 Å². The molecule has 0 radical (unpaired) electrons. The van der Waals surface area contributed by atoms with Gasteiger partial charge in [0.15, 0.2) is 0 Å². The average molecular weight is 272 g/mol. The van der Waals surface area contributed by atoms with Crippen LogP contribution in [0.4, 0.5) is 0 Å². The summed E-state index contributed by atoms with van der Waals surface area (Å²) in [6.45, 7) is 3.33. The Labute approximate surface area is 108 Å².